The van der Waals surface area contributed by atoms with Crippen LogP contribution in [0.1, 0.15) is 30.5 Å². The molecule has 0 radical (unpaired) electrons. The van der Waals surface area contributed by atoms with E-state index in [4.69, 9.17) is 0 Å². The van der Waals surface area contributed by atoms with Gasteiger partial charge in [-0.25, -0.2) is 0 Å². The SMILES string of the molecule is CC(NCCCn1cccn1)c1ccc(C(F)(F)F)cc1. The van der Waals surface area contributed by atoms with E-state index in [9.17, 15) is 13.2 Å². The van der Waals surface area contributed by atoms with Crippen molar-refractivity contribution in [2.75, 3.05) is 6.54 Å². The quantitative estimate of drug-likeness (QED) is 0.825. The molecule has 1 aromatic carbocycles. The normalized spacial score (nSPS) is 13.3. The predicted molar refractivity (Wildman–Crippen MR) is 74.7 cm³/mol. The van der Waals surface area contributed by atoms with Crippen LogP contribution in [0.15, 0.2) is 42.7 Å². The van der Waals surface area contributed by atoms with Gasteiger partial charge in [0.25, 0.3) is 0 Å². The van der Waals surface area contributed by atoms with E-state index in [1.54, 1.807) is 6.20 Å². The summed E-state index contributed by atoms with van der Waals surface area (Å²) in [6.45, 7) is 3.54. The Morgan fingerprint density at radius 2 is 1.95 bits per heavy atom. The lowest BCUT2D eigenvalue weighted by atomic mass is 10.1. The minimum Gasteiger partial charge on any atom is -0.310 e. The van der Waals surface area contributed by atoms with E-state index in [2.05, 4.69) is 10.4 Å². The average molecular weight is 297 g/mol. The molecule has 1 atom stereocenters. The lowest BCUT2D eigenvalue weighted by Gasteiger charge is -2.15. The molecule has 0 fully saturated rings. The Morgan fingerprint density at radius 3 is 2.52 bits per heavy atom. The summed E-state index contributed by atoms with van der Waals surface area (Å²) in [6.07, 6.45) is 0.267. The minimum atomic E-state index is -4.28. The van der Waals surface area contributed by atoms with Crippen LogP contribution in [0, 0.1) is 0 Å². The van der Waals surface area contributed by atoms with Gasteiger partial charge >= 0.3 is 6.18 Å². The Bertz CT molecular complexity index is 532. The lowest BCUT2D eigenvalue weighted by Crippen LogP contribution is -2.21. The molecule has 0 aliphatic heterocycles. The fourth-order valence-corrected chi connectivity index (χ4v) is 2.07. The first kappa shape index (κ1) is 15.6. The van der Waals surface area contributed by atoms with Crippen molar-refractivity contribution in [3.05, 3.63) is 53.9 Å². The number of nitrogens with one attached hydrogen (secondary N) is 1. The number of aromatic nitrogens is 2. The zero-order valence-electron chi connectivity index (χ0n) is 11.8. The molecular weight excluding hydrogens is 279 g/mol. The van der Waals surface area contributed by atoms with Gasteiger partial charge < -0.3 is 5.32 Å². The summed E-state index contributed by atoms with van der Waals surface area (Å²) in [5.74, 6) is 0. The molecule has 1 unspecified atom stereocenters. The highest BCUT2D eigenvalue weighted by molar-refractivity contribution is 5.26. The van der Waals surface area contributed by atoms with Crippen LogP contribution in [0.5, 0.6) is 0 Å². The summed E-state index contributed by atoms with van der Waals surface area (Å²) in [5, 5.41) is 7.40. The Labute approximate surface area is 121 Å². The first-order valence-electron chi connectivity index (χ1n) is 6.85. The van der Waals surface area contributed by atoms with E-state index in [-0.39, 0.29) is 6.04 Å². The summed E-state index contributed by atoms with van der Waals surface area (Å²) in [5.41, 5.74) is 0.235. The van der Waals surface area contributed by atoms with Crippen molar-refractivity contribution in [1.82, 2.24) is 15.1 Å². The van der Waals surface area contributed by atoms with Crippen LogP contribution in [0.4, 0.5) is 13.2 Å². The number of halogens is 3. The number of benzene rings is 1. The smallest absolute Gasteiger partial charge is 0.310 e. The van der Waals surface area contributed by atoms with Gasteiger partial charge in [0.2, 0.25) is 0 Å². The summed E-state index contributed by atoms with van der Waals surface area (Å²) in [4.78, 5) is 0. The predicted octanol–water partition coefficient (Wildman–Crippen LogP) is 3.64. The minimum absolute atomic E-state index is 0.0184. The van der Waals surface area contributed by atoms with Crippen molar-refractivity contribution in [2.24, 2.45) is 0 Å². The molecule has 0 aliphatic carbocycles. The highest BCUT2D eigenvalue weighted by Crippen LogP contribution is 2.29. The zero-order valence-corrected chi connectivity index (χ0v) is 11.8. The van der Waals surface area contributed by atoms with Gasteiger partial charge in [-0.15, -0.1) is 0 Å². The topological polar surface area (TPSA) is 29.9 Å². The fraction of sp³-hybridized carbons (Fsp3) is 0.400. The maximum atomic E-state index is 12.5. The molecular formula is C15H18F3N3. The van der Waals surface area contributed by atoms with E-state index in [0.717, 1.165) is 37.2 Å². The van der Waals surface area contributed by atoms with Crippen LogP contribution in [-0.2, 0) is 12.7 Å². The molecule has 1 aromatic heterocycles. The number of nitrogens with zero attached hydrogens (tertiary/aromatic N) is 2. The monoisotopic (exact) mass is 297 g/mol. The second-order valence-corrected chi connectivity index (χ2v) is 4.92. The van der Waals surface area contributed by atoms with Crippen molar-refractivity contribution in [1.29, 1.82) is 0 Å². The third-order valence-corrected chi connectivity index (χ3v) is 3.31. The zero-order chi connectivity index (χ0) is 15.3. The van der Waals surface area contributed by atoms with Gasteiger partial charge in [0.05, 0.1) is 5.56 Å². The number of alkyl halides is 3. The van der Waals surface area contributed by atoms with Crippen LogP contribution in [0.3, 0.4) is 0 Å². The molecule has 3 nitrogen and oxygen atoms in total. The van der Waals surface area contributed by atoms with Crippen LogP contribution < -0.4 is 5.32 Å². The molecule has 0 saturated carbocycles. The van der Waals surface area contributed by atoms with Crippen molar-refractivity contribution < 1.29 is 13.2 Å². The largest absolute Gasteiger partial charge is 0.416 e. The van der Waals surface area contributed by atoms with Crippen LogP contribution >= 0.6 is 0 Å². The summed E-state index contributed by atoms with van der Waals surface area (Å²) < 4.78 is 39.3. The Kier molecular flexibility index (Phi) is 5.01. The van der Waals surface area contributed by atoms with Gasteiger partial charge in [-0.3, -0.25) is 4.68 Å². The maximum absolute atomic E-state index is 12.5. The molecule has 2 aromatic rings. The van der Waals surface area contributed by atoms with E-state index in [1.165, 1.54) is 12.1 Å². The molecule has 0 spiro atoms. The number of rotatable bonds is 6. The second kappa shape index (κ2) is 6.76. The van der Waals surface area contributed by atoms with Gasteiger partial charge in [0.15, 0.2) is 0 Å². The van der Waals surface area contributed by atoms with Crippen molar-refractivity contribution >= 4 is 0 Å². The van der Waals surface area contributed by atoms with Crippen molar-refractivity contribution in [3.63, 3.8) is 0 Å². The average Bonchev–Trinajstić information content (AvgIpc) is 2.96. The molecule has 1 heterocycles. The van der Waals surface area contributed by atoms with Gasteiger partial charge in [0, 0.05) is 25.0 Å². The molecule has 6 heteroatoms. The number of hydrogen-bond donors (Lipinski definition) is 1. The first-order valence-corrected chi connectivity index (χ1v) is 6.85. The molecule has 0 saturated heterocycles. The highest BCUT2D eigenvalue weighted by Gasteiger charge is 2.30. The van der Waals surface area contributed by atoms with Crippen LogP contribution in [0.2, 0.25) is 0 Å². The summed E-state index contributed by atoms with van der Waals surface area (Å²) in [7, 11) is 0. The first-order chi connectivity index (χ1) is 9.97. The highest BCUT2D eigenvalue weighted by atomic mass is 19.4. The maximum Gasteiger partial charge on any atom is 0.416 e. The van der Waals surface area contributed by atoms with E-state index in [0.29, 0.717) is 0 Å². The third kappa shape index (κ3) is 4.60. The summed E-state index contributed by atoms with van der Waals surface area (Å²) >= 11 is 0. The van der Waals surface area contributed by atoms with Gasteiger partial charge in [0.1, 0.15) is 0 Å². The molecule has 21 heavy (non-hydrogen) atoms. The van der Waals surface area contributed by atoms with Crippen molar-refractivity contribution in [3.8, 4) is 0 Å². The Balaban J connectivity index is 1.79. The van der Waals surface area contributed by atoms with E-state index < -0.39 is 11.7 Å². The third-order valence-electron chi connectivity index (χ3n) is 3.31. The molecule has 114 valence electrons. The molecule has 0 amide bonds. The van der Waals surface area contributed by atoms with Gasteiger partial charge in [-0.1, -0.05) is 12.1 Å². The second-order valence-electron chi connectivity index (χ2n) is 4.92. The Hall–Kier alpha value is -1.82. The standard InChI is InChI=1S/C15H18F3N3/c1-12(19-8-2-10-21-11-3-9-20-21)13-4-6-14(7-5-13)15(16,17)18/h3-7,9,11-12,19H,2,8,10H2,1H3. The summed E-state index contributed by atoms with van der Waals surface area (Å²) in [6, 6.07) is 7.18. The van der Waals surface area contributed by atoms with Crippen molar-refractivity contribution in [2.45, 2.75) is 32.1 Å². The lowest BCUT2D eigenvalue weighted by molar-refractivity contribution is -0.137. The van der Waals surface area contributed by atoms with E-state index in [1.807, 2.05) is 23.9 Å². The van der Waals surface area contributed by atoms with E-state index >= 15 is 0 Å². The van der Waals surface area contributed by atoms with Gasteiger partial charge in [-0.05, 0) is 43.7 Å². The Morgan fingerprint density at radius 1 is 1.24 bits per heavy atom. The van der Waals surface area contributed by atoms with Crippen LogP contribution in [-0.4, -0.2) is 16.3 Å². The number of aryl methyl sites for hydroxylation is 1. The molecule has 2 rings (SSSR count). The number of hydrogen-bond acceptors (Lipinski definition) is 2. The molecule has 1 N–H and O–H groups in total. The van der Waals surface area contributed by atoms with Crippen LogP contribution in [0.25, 0.3) is 0 Å². The molecule has 0 aliphatic rings. The molecule has 0 bridgehead atoms. The van der Waals surface area contributed by atoms with Gasteiger partial charge in [-0.2, -0.15) is 18.3 Å². The fourth-order valence-electron chi connectivity index (χ4n) is 2.07.